The summed E-state index contributed by atoms with van der Waals surface area (Å²) in [4.78, 5) is 11.3. The first kappa shape index (κ1) is 11.3. The number of aliphatic hydroxyl groups is 1. The number of carbonyl (C=O) groups excluding carboxylic acids is 1. The fraction of sp³-hybridized carbons (Fsp3) is 0.364. The topological polar surface area (TPSA) is 37.3 Å². The average Bonchev–Trinajstić information content (AvgIpc) is 2.27. The predicted molar refractivity (Wildman–Crippen MR) is 59.1 cm³/mol. The van der Waals surface area contributed by atoms with Gasteiger partial charge >= 0.3 is 0 Å². The van der Waals surface area contributed by atoms with Gasteiger partial charge in [-0.2, -0.15) is 0 Å². The van der Waals surface area contributed by atoms with Crippen LogP contribution in [0.5, 0.6) is 0 Å². The van der Waals surface area contributed by atoms with E-state index in [0.717, 1.165) is 17.3 Å². The van der Waals surface area contributed by atoms with Crippen molar-refractivity contribution in [3.8, 4) is 0 Å². The molecule has 0 saturated carbocycles. The van der Waals surface area contributed by atoms with E-state index in [1.54, 1.807) is 13.2 Å². The van der Waals surface area contributed by atoms with E-state index in [1.165, 1.54) is 0 Å². The van der Waals surface area contributed by atoms with E-state index in [1.807, 2.05) is 30.3 Å². The molecular weight excluding hydrogens is 196 g/mol. The number of benzene rings is 1. The molecule has 1 N–H and O–H groups in total. The molecule has 14 heavy (non-hydrogen) atoms. The second kappa shape index (κ2) is 5.17. The first-order valence-electron chi connectivity index (χ1n) is 4.47. The molecule has 3 heteroatoms. The van der Waals surface area contributed by atoms with Crippen LogP contribution in [0.15, 0.2) is 30.3 Å². The van der Waals surface area contributed by atoms with E-state index < -0.39 is 6.10 Å². The maximum Gasteiger partial charge on any atom is 0.194 e. The third-order valence-corrected chi connectivity index (χ3v) is 2.96. The lowest BCUT2D eigenvalue weighted by molar-refractivity contribution is -0.117. The number of rotatable bonds is 3. The second-order valence-electron chi connectivity index (χ2n) is 3.17. The van der Waals surface area contributed by atoms with Gasteiger partial charge < -0.3 is 5.11 Å². The molecule has 0 saturated heterocycles. The van der Waals surface area contributed by atoms with Gasteiger partial charge in [0.25, 0.3) is 0 Å². The highest BCUT2D eigenvalue weighted by Crippen LogP contribution is 2.24. The van der Waals surface area contributed by atoms with E-state index in [-0.39, 0.29) is 11.0 Å². The molecule has 0 aliphatic rings. The van der Waals surface area contributed by atoms with Crippen molar-refractivity contribution >= 4 is 16.9 Å². The van der Waals surface area contributed by atoms with Crippen molar-refractivity contribution in [1.82, 2.24) is 0 Å². The first-order chi connectivity index (χ1) is 6.66. The van der Waals surface area contributed by atoms with E-state index in [9.17, 15) is 9.90 Å². The zero-order chi connectivity index (χ0) is 10.6. The van der Waals surface area contributed by atoms with Crippen molar-refractivity contribution in [3.05, 3.63) is 35.9 Å². The molecule has 76 valence electrons. The lowest BCUT2D eigenvalue weighted by atomic mass is 9.99. The van der Waals surface area contributed by atoms with Gasteiger partial charge in [-0.05, 0) is 11.8 Å². The lowest BCUT2D eigenvalue weighted by Crippen LogP contribution is -2.16. The number of aliphatic hydroxyl groups excluding tert-OH is 1. The Bertz CT molecular complexity index is 297. The molecular formula is C11H14O2S. The van der Waals surface area contributed by atoms with Crippen LogP contribution in [0.25, 0.3) is 0 Å². The third-order valence-electron chi connectivity index (χ3n) is 2.19. The van der Waals surface area contributed by atoms with Crippen molar-refractivity contribution in [2.45, 2.75) is 13.0 Å². The Morgan fingerprint density at radius 3 is 2.43 bits per heavy atom. The Kier molecular flexibility index (Phi) is 4.17. The van der Waals surface area contributed by atoms with Gasteiger partial charge in [0, 0.05) is 0 Å². The van der Waals surface area contributed by atoms with Crippen LogP contribution in [-0.4, -0.2) is 16.5 Å². The monoisotopic (exact) mass is 210 g/mol. The molecule has 1 rings (SSSR count). The molecule has 0 unspecified atom stereocenters. The van der Waals surface area contributed by atoms with Crippen LogP contribution in [-0.2, 0) is 4.79 Å². The van der Waals surface area contributed by atoms with Gasteiger partial charge in [-0.25, -0.2) is 0 Å². The standard InChI is InChI=1S/C11H14O2S/c1-8(11(13)14-2)10(12)9-6-4-3-5-7-9/h3-8,10,12H,1-2H3/t8-,10-/m0/s1. The highest BCUT2D eigenvalue weighted by molar-refractivity contribution is 8.13. The summed E-state index contributed by atoms with van der Waals surface area (Å²) in [6.45, 7) is 1.75. The fourth-order valence-corrected chi connectivity index (χ4v) is 1.75. The van der Waals surface area contributed by atoms with Crippen LogP contribution < -0.4 is 0 Å². The van der Waals surface area contributed by atoms with Crippen LogP contribution in [0.2, 0.25) is 0 Å². The molecule has 2 atom stereocenters. The SMILES string of the molecule is CSC(=O)[C@@H](C)[C@H](O)c1ccccc1. The van der Waals surface area contributed by atoms with Gasteiger partial charge in [0.1, 0.15) is 0 Å². The van der Waals surface area contributed by atoms with Crippen molar-refractivity contribution < 1.29 is 9.90 Å². The minimum Gasteiger partial charge on any atom is -0.388 e. The predicted octanol–water partition coefficient (Wildman–Crippen LogP) is 2.25. The number of hydrogen-bond donors (Lipinski definition) is 1. The normalized spacial score (nSPS) is 14.8. The van der Waals surface area contributed by atoms with Gasteiger partial charge in [0.05, 0.1) is 12.0 Å². The Hall–Kier alpha value is -0.800. The molecule has 0 radical (unpaired) electrons. The smallest absolute Gasteiger partial charge is 0.194 e. The van der Waals surface area contributed by atoms with Gasteiger partial charge in [-0.1, -0.05) is 49.0 Å². The van der Waals surface area contributed by atoms with E-state index in [4.69, 9.17) is 0 Å². The molecule has 0 amide bonds. The van der Waals surface area contributed by atoms with Crippen molar-refractivity contribution in [1.29, 1.82) is 0 Å². The van der Waals surface area contributed by atoms with E-state index in [0.29, 0.717) is 0 Å². The summed E-state index contributed by atoms with van der Waals surface area (Å²) in [7, 11) is 0. The summed E-state index contributed by atoms with van der Waals surface area (Å²) in [6.07, 6.45) is 1.03. The van der Waals surface area contributed by atoms with Crippen molar-refractivity contribution in [2.75, 3.05) is 6.26 Å². The highest BCUT2D eigenvalue weighted by Gasteiger charge is 2.22. The zero-order valence-electron chi connectivity index (χ0n) is 8.31. The number of hydrogen-bond acceptors (Lipinski definition) is 3. The van der Waals surface area contributed by atoms with Crippen LogP contribution >= 0.6 is 11.8 Å². The molecule has 0 fully saturated rings. The van der Waals surface area contributed by atoms with Crippen LogP contribution in [0, 0.1) is 5.92 Å². The maximum absolute atomic E-state index is 11.3. The summed E-state index contributed by atoms with van der Waals surface area (Å²) < 4.78 is 0. The quantitative estimate of drug-likeness (QED) is 0.831. The number of thioether (sulfide) groups is 1. The molecule has 0 aromatic heterocycles. The second-order valence-corrected chi connectivity index (χ2v) is 3.98. The molecule has 2 nitrogen and oxygen atoms in total. The van der Waals surface area contributed by atoms with Crippen LogP contribution in [0.1, 0.15) is 18.6 Å². The van der Waals surface area contributed by atoms with Gasteiger partial charge in [-0.3, -0.25) is 4.79 Å². The highest BCUT2D eigenvalue weighted by atomic mass is 32.2. The van der Waals surface area contributed by atoms with Crippen molar-refractivity contribution in [3.63, 3.8) is 0 Å². The fourth-order valence-electron chi connectivity index (χ4n) is 1.25. The largest absolute Gasteiger partial charge is 0.388 e. The average molecular weight is 210 g/mol. The minimum absolute atomic E-state index is 0.0151. The summed E-state index contributed by atoms with van der Waals surface area (Å²) in [5.74, 6) is -0.354. The third kappa shape index (κ3) is 2.59. The summed E-state index contributed by atoms with van der Waals surface area (Å²) >= 11 is 1.16. The van der Waals surface area contributed by atoms with Crippen molar-refractivity contribution in [2.24, 2.45) is 5.92 Å². The molecule has 1 aromatic carbocycles. The minimum atomic E-state index is -0.698. The summed E-state index contributed by atoms with van der Waals surface area (Å²) in [5, 5.41) is 9.87. The Morgan fingerprint density at radius 2 is 1.93 bits per heavy atom. The zero-order valence-corrected chi connectivity index (χ0v) is 9.12. The van der Waals surface area contributed by atoms with E-state index in [2.05, 4.69) is 0 Å². The van der Waals surface area contributed by atoms with Gasteiger partial charge in [-0.15, -0.1) is 0 Å². The summed E-state index contributed by atoms with van der Waals surface area (Å²) in [5.41, 5.74) is 0.794. The Balaban J connectivity index is 2.75. The molecule has 1 aromatic rings. The molecule has 0 heterocycles. The number of carbonyl (C=O) groups is 1. The van der Waals surface area contributed by atoms with Gasteiger partial charge in [0.15, 0.2) is 5.12 Å². The Labute approximate surface area is 88.3 Å². The first-order valence-corrected chi connectivity index (χ1v) is 5.70. The molecule has 0 aliphatic carbocycles. The Morgan fingerprint density at radius 1 is 1.36 bits per heavy atom. The summed E-state index contributed by atoms with van der Waals surface area (Å²) in [6, 6.07) is 9.25. The molecule has 0 bridgehead atoms. The van der Waals surface area contributed by atoms with Gasteiger partial charge in [0.2, 0.25) is 0 Å². The molecule has 0 aliphatic heterocycles. The van der Waals surface area contributed by atoms with Crippen LogP contribution in [0.4, 0.5) is 0 Å². The maximum atomic E-state index is 11.3. The van der Waals surface area contributed by atoms with E-state index >= 15 is 0 Å². The lowest BCUT2D eigenvalue weighted by Gasteiger charge is -2.16. The molecule has 0 spiro atoms. The van der Waals surface area contributed by atoms with Crippen LogP contribution in [0.3, 0.4) is 0 Å².